The maximum atomic E-state index is 13.0. The summed E-state index contributed by atoms with van der Waals surface area (Å²) >= 11 is 0. The number of carboxylic acid groups (broad SMARTS) is 1. The third-order valence-corrected chi connectivity index (χ3v) is 7.33. The van der Waals surface area contributed by atoms with Gasteiger partial charge in [-0.15, -0.1) is 0 Å². The number of benzene rings is 2. The standard InChI is InChI=1S/C23H29N3O6S/c1-5-12-26-19-10-9-17(33(29,30)25(6-2)7-3)14-18(19)24-23(26)16-8-11-20(21(13-16)31-4)32-15-22(27)28/h8-11,13-14H,5-7,12,15H2,1-4H3,(H,27,28). The Balaban J connectivity index is 2.11. The molecule has 0 aliphatic heterocycles. The van der Waals surface area contributed by atoms with E-state index in [0.29, 0.717) is 42.5 Å². The Kier molecular flexibility index (Phi) is 7.60. The normalized spacial score (nSPS) is 11.8. The van der Waals surface area contributed by atoms with E-state index in [1.165, 1.54) is 11.4 Å². The van der Waals surface area contributed by atoms with Crippen molar-refractivity contribution in [1.29, 1.82) is 0 Å². The molecule has 0 atom stereocenters. The first-order chi connectivity index (χ1) is 15.8. The zero-order valence-corrected chi connectivity index (χ0v) is 20.1. The highest BCUT2D eigenvalue weighted by Gasteiger charge is 2.23. The van der Waals surface area contributed by atoms with E-state index in [2.05, 4.69) is 6.92 Å². The Bertz CT molecular complexity index is 1250. The van der Waals surface area contributed by atoms with Gasteiger partial charge in [-0.2, -0.15) is 4.31 Å². The fraction of sp³-hybridized carbons (Fsp3) is 0.391. The van der Waals surface area contributed by atoms with E-state index in [4.69, 9.17) is 19.6 Å². The molecule has 0 saturated heterocycles. The number of rotatable bonds is 11. The number of aliphatic carboxylic acids is 1. The molecule has 33 heavy (non-hydrogen) atoms. The molecule has 3 aromatic rings. The van der Waals surface area contributed by atoms with E-state index >= 15 is 0 Å². The van der Waals surface area contributed by atoms with Gasteiger partial charge < -0.3 is 19.1 Å². The highest BCUT2D eigenvalue weighted by atomic mass is 32.2. The van der Waals surface area contributed by atoms with Gasteiger partial charge >= 0.3 is 5.97 Å². The van der Waals surface area contributed by atoms with Crippen LogP contribution in [-0.2, 0) is 21.4 Å². The van der Waals surface area contributed by atoms with E-state index in [1.54, 1.807) is 36.4 Å². The van der Waals surface area contributed by atoms with Gasteiger partial charge in [0.25, 0.3) is 0 Å². The molecule has 1 aromatic heterocycles. The van der Waals surface area contributed by atoms with Crippen molar-refractivity contribution in [1.82, 2.24) is 13.9 Å². The lowest BCUT2D eigenvalue weighted by molar-refractivity contribution is -0.139. The first-order valence-corrected chi connectivity index (χ1v) is 12.2. The second-order valence-corrected chi connectivity index (χ2v) is 9.31. The van der Waals surface area contributed by atoms with Gasteiger partial charge in [0.05, 0.1) is 23.0 Å². The molecule has 10 heteroatoms. The van der Waals surface area contributed by atoms with Crippen molar-refractivity contribution in [3.8, 4) is 22.9 Å². The molecule has 178 valence electrons. The number of hydrogen-bond acceptors (Lipinski definition) is 6. The summed E-state index contributed by atoms with van der Waals surface area (Å²) in [4.78, 5) is 15.8. The molecule has 1 N–H and O–H groups in total. The molecular formula is C23H29N3O6S. The molecule has 1 heterocycles. The number of fused-ring (bicyclic) bond motifs is 1. The SMILES string of the molecule is CCCn1c(-c2ccc(OCC(=O)O)c(OC)c2)nc2cc(S(=O)(=O)N(CC)CC)ccc21. The molecule has 0 spiro atoms. The second kappa shape index (κ2) is 10.2. The number of sulfonamides is 1. The quantitative estimate of drug-likeness (QED) is 0.451. The van der Waals surface area contributed by atoms with Crippen molar-refractivity contribution in [2.45, 2.75) is 38.6 Å². The average Bonchev–Trinajstić information content (AvgIpc) is 3.16. The minimum atomic E-state index is -3.60. The number of ether oxygens (including phenoxy) is 2. The fourth-order valence-electron chi connectivity index (χ4n) is 3.72. The van der Waals surface area contributed by atoms with Gasteiger partial charge in [0, 0.05) is 25.2 Å². The number of carboxylic acids is 1. The lowest BCUT2D eigenvalue weighted by Crippen LogP contribution is -2.30. The number of aromatic nitrogens is 2. The van der Waals surface area contributed by atoms with E-state index in [0.717, 1.165) is 17.5 Å². The summed E-state index contributed by atoms with van der Waals surface area (Å²) in [6.45, 7) is 6.67. The van der Waals surface area contributed by atoms with Crippen LogP contribution in [0.4, 0.5) is 0 Å². The summed E-state index contributed by atoms with van der Waals surface area (Å²) in [5.41, 5.74) is 2.15. The maximum Gasteiger partial charge on any atom is 0.341 e. The molecule has 3 rings (SSSR count). The number of imidazole rings is 1. The molecule has 0 amide bonds. The summed E-state index contributed by atoms with van der Waals surface area (Å²) in [6, 6.07) is 10.2. The third-order valence-electron chi connectivity index (χ3n) is 5.28. The van der Waals surface area contributed by atoms with Crippen LogP contribution >= 0.6 is 0 Å². The van der Waals surface area contributed by atoms with Crippen molar-refractivity contribution in [3.05, 3.63) is 36.4 Å². The third kappa shape index (κ3) is 4.96. The summed E-state index contributed by atoms with van der Waals surface area (Å²) < 4.78 is 40.1. The Morgan fingerprint density at radius 1 is 1.09 bits per heavy atom. The smallest absolute Gasteiger partial charge is 0.341 e. The van der Waals surface area contributed by atoms with Gasteiger partial charge in [0.2, 0.25) is 10.0 Å². The molecule has 0 fully saturated rings. The topological polar surface area (TPSA) is 111 Å². The fourth-order valence-corrected chi connectivity index (χ4v) is 5.20. The van der Waals surface area contributed by atoms with Crippen molar-refractivity contribution >= 4 is 27.0 Å². The zero-order valence-electron chi connectivity index (χ0n) is 19.2. The van der Waals surface area contributed by atoms with Gasteiger partial charge in [0.15, 0.2) is 18.1 Å². The number of hydrogen-bond donors (Lipinski definition) is 1. The van der Waals surface area contributed by atoms with E-state index < -0.39 is 22.6 Å². The van der Waals surface area contributed by atoms with E-state index in [9.17, 15) is 13.2 Å². The van der Waals surface area contributed by atoms with Crippen molar-refractivity contribution in [2.75, 3.05) is 26.8 Å². The van der Waals surface area contributed by atoms with Crippen LogP contribution in [0, 0.1) is 0 Å². The average molecular weight is 476 g/mol. The molecule has 9 nitrogen and oxygen atoms in total. The van der Waals surface area contributed by atoms with E-state index in [1.807, 2.05) is 18.4 Å². The van der Waals surface area contributed by atoms with Crippen LogP contribution in [0.5, 0.6) is 11.5 Å². The van der Waals surface area contributed by atoms with Crippen LogP contribution in [0.25, 0.3) is 22.4 Å². The summed E-state index contributed by atoms with van der Waals surface area (Å²) in [5.74, 6) is 0.275. The van der Waals surface area contributed by atoms with Gasteiger partial charge in [-0.1, -0.05) is 20.8 Å². The Morgan fingerprint density at radius 2 is 1.82 bits per heavy atom. The summed E-state index contributed by atoms with van der Waals surface area (Å²) in [6.07, 6.45) is 0.856. The van der Waals surface area contributed by atoms with Crippen LogP contribution in [-0.4, -0.2) is 60.2 Å². The molecule has 0 radical (unpaired) electrons. The van der Waals surface area contributed by atoms with Crippen LogP contribution in [0.2, 0.25) is 0 Å². The molecule has 2 aromatic carbocycles. The highest BCUT2D eigenvalue weighted by molar-refractivity contribution is 7.89. The maximum absolute atomic E-state index is 13.0. The Labute approximate surface area is 193 Å². The number of methoxy groups -OCH3 is 1. The lowest BCUT2D eigenvalue weighted by Gasteiger charge is -2.18. The minimum absolute atomic E-state index is 0.210. The highest BCUT2D eigenvalue weighted by Crippen LogP contribution is 2.34. The van der Waals surface area contributed by atoms with Gasteiger partial charge in [-0.25, -0.2) is 18.2 Å². The van der Waals surface area contributed by atoms with Crippen molar-refractivity contribution < 1.29 is 27.8 Å². The molecule has 0 aliphatic rings. The van der Waals surface area contributed by atoms with Crippen molar-refractivity contribution in [2.24, 2.45) is 0 Å². The minimum Gasteiger partial charge on any atom is -0.493 e. The van der Waals surface area contributed by atoms with Crippen LogP contribution in [0.3, 0.4) is 0 Å². The first-order valence-electron chi connectivity index (χ1n) is 10.8. The van der Waals surface area contributed by atoms with E-state index in [-0.39, 0.29) is 4.90 Å². The number of nitrogens with zero attached hydrogens (tertiary/aromatic N) is 3. The Morgan fingerprint density at radius 3 is 2.42 bits per heavy atom. The summed E-state index contributed by atoms with van der Waals surface area (Å²) in [5, 5.41) is 8.87. The van der Waals surface area contributed by atoms with Crippen LogP contribution in [0.1, 0.15) is 27.2 Å². The monoisotopic (exact) mass is 475 g/mol. The van der Waals surface area contributed by atoms with Crippen LogP contribution in [0.15, 0.2) is 41.3 Å². The molecule has 0 aliphatic carbocycles. The van der Waals surface area contributed by atoms with Gasteiger partial charge in [-0.3, -0.25) is 0 Å². The predicted octanol–water partition coefficient (Wildman–Crippen LogP) is 3.62. The Hall–Kier alpha value is -3.11. The molecular weight excluding hydrogens is 446 g/mol. The van der Waals surface area contributed by atoms with Crippen molar-refractivity contribution in [3.63, 3.8) is 0 Å². The molecule has 0 unspecified atom stereocenters. The zero-order chi connectivity index (χ0) is 24.2. The number of aryl methyl sites for hydroxylation is 1. The predicted molar refractivity (Wildman–Crippen MR) is 125 cm³/mol. The lowest BCUT2D eigenvalue weighted by atomic mass is 10.2. The second-order valence-electron chi connectivity index (χ2n) is 7.37. The summed E-state index contributed by atoms with van der Waals surface area (Å²) in [7, 11) is -2.12. The largest absolute Gasteiger partial charge is 0.493 e. The first kappa shape index (κ1) is 24.5. The number of carbonyl (C=O) groups is 1. The van der Waals surface area contributed by atoms with Crippen LogP contribution < -0.4 is 9.47 Å². The molecule has 0 bridgehead atoms. The van der Waals surface area contributed by atoms with Gasteiger partial charge in [0.1, 0.15) is 5.82 Å². The van der Waals surface area contributed by atoms with Gasteiger partial charge in [-0.05, 0) is 42.8 Å². The molecule has 0 saturated carbocycles.